The lowest BCUT2D eigenvalue weighted by Gasteiger charge is -2.31. The molecule has 1 fully saturated rings. The number of aromatic amines is 1. The van der Waals surface area contributed by atoms with Gasteiger partial charge in [-0.15, -0.1) is 5.10 Å². The number of benzene rings is 2. The summed E-state index contributed by atoms with van der Waals surface area (Å²) in [6.45, 7) is 0.591. The lowest BCUT2D eigenvalue weighted by molar-refractivity contribution is 0.308. The Morgan fingerprint density at radius 1 is 1.15 bits per heavy atom. The maximum absolute atomic E-state index is 14.2. The number of rotatable bonds is 5. The molecule has 1 aliphatic heterocycles. The number of hydrogen-bond donors (Lipinski definition) is 1. The summed E-state index contributed by atoms with van der Waals surface area (Å²) in [5.41, 5.74) is 0.703. The van der Waals surface area contributed by atoms with Crippen molar-refractivity contribution in [1.29, 1.82) is 0 Å². The SMILES string of the molecule is O=c1[nH]c([C@H]2CCCN(S(=O)(=O)c3ccccc3F)C2)nc2c1nnn2Cc1ccccc1Cl. The van der Waals surface area contributed by atoms with E-state index >= 15 is 0 Å². The van der Waals surface area contributed by atoms with E-state index in [0.29, 0.717) is 23.7 Å². The van der Waals surface area contributed by atoms with E-state index in [-0.39, 0.29) is 41.6 Å². The van der Waals surface area contributed by atoms with Gasteiger partial charge < -0.3 is 4.98 Å². The number of piperidine rings is 1. The standard InChI is InChI=1S/C22H20ClFN6O3S/c23-16-8-2-1-6-14(16)13-30-21-19(27-28-30)22(31)26-20(25-21)15-7-5-11-29(12-15)34(32,33)18-10-4-3-9-17(18)24/h1-4,6,8-10,15H,5,7,11-13H2,(H,25,26,31)/t15-/m0/s1. The van der Waals surface area contributed by atoms with Crippen LogP contribution in [-0.2, 0) is 16.6 Å². The second-order valence-electron chi connectivity index (χ2n) is 8.09. The van der Waals surface area contributed by atoms with E-state index in [1.54, 1.807) is 6.07 Å². The van der Waals surface area contributed by atoms with Crippen LogP contribution in [0.5, 0.6) is 0 Å². The molecular formula is C22H20ClFN6O3S. The second-order valence-corrected chi connectivity index (χ2v) is 10.4. The van der Waals surface area contributed by atoms with Crippen LogP contribution in [0.3, 0.4) is 0 Å². The first kappa shape index (κ1) is 22.6. The van der Waals surface area contributed by atoms with Crippen LogP contribution in [0.25, 0.3) is 11.2 Å². The molecule has 2 aromatic heterocycles. The summed E-state index contributed by atoms with van der Waals surface area (Å²) in [5, 5.41) is 8.56. The lowest BCUT2D eigenvalue weighted by Crippen LogP contribution is -2.40. The average Bonchev–Trinajstić information content (AvgIpc) is 3.24. The fourth-order valence-electron chi connectivity index (χ4n) is 4.15. The highest BCUT2D eigenvalue weighted by molar-refractivity contribution is 7.89. The van der Waals surface area contributed by atoms with Crippen molar-refractivity contribution in [1.82, 2.24) is 29.3 Å². The van der Waals surface area contributed by atoms with Gasteiger partial charge in [0.05, 0.1) is 6.54 Å². The molecule has 0 radical (unpaired) electrons. The van der Waals surface area contributed by atoms with Crippen molar-refractivity contribution in [2.75, 3.05) is 13.1 Å². The van der Waals surface area contributed by atoms with Gasteiger partial charge >= 0.3 is 0 Å². The van der Waals surface area contributed by atoms with E-state index < -0.39 is 21.4 Å². The molecule has 5 rings (SSSR count). The Morgan fingerprint density at radius 3 is 2.71 bits per heavy atom. The maximum atomic E-state index is 14.2. The van der Waals surface area contributed by atoms with Gasteiger partial charge in [0.25, 0.3) is 5.56 Å². The summed E-state index contributed by atoms with van der Waals surface area (Å²) in [6.07, 6.45) is 1.15. The van der Waals surface area contributed by atoms with Gasteiger partial charge in [0.15, 0.2) is 11.2 Å². The topological polar surface area (TPSA) is 114 Å². The zero-order chi connectivity index (χ0) is 23.9. The number of aromatic nitrogens is 5. The third-order valence-corrected chi connectivity index (χ3v) is 8.16. The molecule has 0 saturated carbocycles. The first-order valence-corrected chi connectivity index (χ1v) is 12.5. The Labute approximate surface area is 199 Å². The number of sulfonamides is 1. The molecular weight excluding hydrogens is 483 g/mol. The quantitative estimate of drug-likeness (QED) is 0.449. The van der Waals surface area contributed by atoms with Gasteiger partial charge in [-0.3, -0.25) is 4.79 Å². The minimum absolute atomic E-state index is 0.0667. The molecule has 1 saturated heterocycles. The molecule has 0 aliphatic carbocycles. The number of fused-ring (bicyclic) bond motifs is 1. The first-order chi connectivity index (χ1) is 16.3. The number of nitrogens with zero attached hydrogens (tertiary/aromatic N) is 5. The van der Waals surface area contributed by atoms with Gasteiger partial charge in [0.2, 0.25) is 10.0 Å². The largest absolute Gasteiger partial charge is 0.308 e. The summed E-state index contributed by atoms with van der Waals surface area (Å²) in [6, 6.07) is 12.6. The molecule has 1 N–H and O–H groups in total. The third-order valence-electron chi connectivity index (χ3n) is 5.90. The third kappa shape index (κ3) is 4.10. The van der Waals surface area contributed by atoms with E-state index in [2.05, 4.69) is 20.3 Å². The molecule has 12 heteroatoms. The van der Waals surface area contributed by atoms with Crippen LogP contribution < -0.4 is 5.56 Å². The fourth-order valence-corrected chi connectivity index (χ4v) is 5.93. The zero-order valence-corrected chi connectivity index (χ0v) is 19.4. The van der Waals surface area contributed by atoms with Crippen LogP contribution >= 0.6 is 11.6 Å². The van der Waals surface area contributed by atoms with E-state index in [1.165, 1.54) is 27.2 Å². The van der Waals surface area contributed by atoms with Crippen LogP contribution in [0.1, 0.15) is 30.1 Å². The van der Waals surface area contributed by atoms with E-state index in [0.717, 1.165) is 11.6 Å². The van der Waals surface area contributed by atoms with E-state index in [4.69, 9.17) is 11.6 Å². The van der Waals surface area contributed by atoms with Crippen LogP contribution in [0.15, 0.2) is 58.2 Å². The molecule has 1 aliphatic rings. The maximum Gasteiger partial charge on any atom is 0.281 e. The van der Waals surface area contributed by atoms with Crippen molar-refractivity contribution in [2.24, 2.45) is 0 Å². The van der Waals surface area contributed by atoms with Gasteiger partial charge in [-0.2, -0.15) is 4.31 Å². The van der Waals surface area contributed by atoms with Gasteiger partial charge in [0.1, 0.15) is 16.5 Å². The summed E-state index contributed by atoms with van der Waals surface area (Å²) >= 11 is 6.26. The van der Waals surface area contributed by atoms with Crippen molar-refractivity contribution in [3.8, 4) is 0 Å². The van der Waals surface area contributed by atoms with Gasteiger partial charge in [0, 0.05) is 24.0 Å². The molecule has 0 bridgehead atoms. The molecule has 176 valence electrons. The average molecular weight is 503 g/mol. The van der Waals surface area contributed by atoms with Gasteiger partial charge in [-0.25, -0.2) is 22.5 Å². The van der Waals surface area contributed by atoms with Crippen molar-refractivity contribution in [3.63, 3.8) is 0 Å². The Kier molecular flexibility index (Phi) is 5.92. The first-order valence-electron chi connectivity index (χ1n) is 10.7. The van der Waals surface area contributed by atoms with Crippen molar-refractivity contribution in [3.05, 3.63) is 81.1 Å². The predicted octanol–water partition coefficient (Wildman–Crippen LogP) is 2.92. The monoisotopic (exact) mass is 502 g/mol. The smallest absolute Gasteiger partial charge is 0.281 e. The molecule has 0 unspecified atom stereocenters. The Bertz CT molecular complexity index is 1540. The molecule has 3 heterocycles. The summed E-state index contributed by atoms with van der Waals surface area (Å²) in [5.74, 6) is -0.836. The van der Waals surface area contributed by atoms with Gasteiger partial charge in [-0.05, 0) is 36.6 Å². The molecule has 34 heavy (non-hydrogen) atoms. The van der Waals surface area contributed by atoms with Crippen LogP contribution in [0, 0.1) is 5.82 Å². The Balaban J connectivity index is 1.48. The van der Waals surface area contributed by atoms with E-state index in [1.807, 2.05) is 18.2 Å². The lowest BCUT2D eigenvalue weighted by atomic mass is 9.99. The second kappa shape index (κ2) is 8.90. The van der Waals surface area contributed by atoms with Crippen molar-refractivity contribution in [2.45, 2.75) is 30.2 Å². The number of H-pyrrole nitrogens is 1. The predicted molar refractivity (Wildman–Crippen MR) is 124 cm³/mol. The van der Waals surface area contributed by atoms with Gasteiger partial charge in [-0.1, -0.05) is 47.1 Å². The molecule has 0 spiro atoms. The van der Waals surface area contributed by atoms with Crippen molar-refractivity contribution < 1.29 is 12.8 Å². The normalized spacial score (nSPS) is 17.3. The molecule has 2 aromatic carbocycles. The van der Waals surface area contributed by atoms with Crippen LogP contribution in [-0.4, -0.2) is 50.8 Å². The fraction of sp³-hybridized carbons (Fsp3) is 0.273. The molecule has 1 atom stereocenters. The molecule has 4 aromatic rings. The Morgan fingerprint density at radius 2 is 1.91 bits per heavy atom. The zero-order valence-electron chi connectivity index (χ0n) is 17.9. The highest BCUT2D eigenvalue weighted by Gasteiger charge is 2.33. The summed E-state index contributed by atoms with van der Waals surface area (Å²) in [4.78, 5) is 19.7. The van der Waals surface area contributed by atoms with Crippen LogP contribution in [0.2, 0.25) is 5.02 Å². The highest BCUT2D eigenvalue weighted by Crippen LogP contribution is 2.29. The number of nitrogens with one attached hydrogen (secondary N) is 1. The Hall–Kier alpha value is -3.15. The minimum Gasteiger partial charge on any atom is -0.308 e. The molecule has 0 amide bonds. The summed E-state index contributed by atoms with van der Waals surface area (Å²) in [7, 11) is -4.04. The molecule has 9 nitrogen and oxygen atoms in total. The highest BCUT2D eigenvalue weighted by atomic mass is 35.5. The van der Waals surface area contributed by atoms with Crippen molar-refractivity contribution >= 4 is 32.8 Å². The summed E-state index contributed by atoms with van der Waals surface area (Å²) < 4.78 is 43.1. The number of halogens is 2. The van der Waals surface area contributed by atoms with Crippen LogP contribution in [0.4, 0.5) is 4.39 Å². The minimum atomic E-state index is -4.04. The van der Waals surface area contributed by atoms with E-state index in [9.17, 15) is 17.6 Å². The number of hydrogen-bond acceptors (Lipinski definition) is 6.